The first-order valence-electron chi connectivity index (χ1n) is 8.50. The van der Waals surface area contributed by atoms with Crippen LogP contribution in [0.25, 0.3) is 0 Å². The number of hydrogen-bond donors (Lipinski definition) is 2. The second-order valence-electron chi connectivity index (χ2n) is 6.35. The maximum atomic E-state index is 12.4. The molecule has 0 spiro atoms. The zero-order valence-corrected chi connectivity index (χ0v) is 15.2. The number of hydrogen-bond acceptors (Lipinski definition) is 4. The highest BCUT2D eigenvalue weighted by molar-refractivity contribution is 7.07. The Morgan fingerprint density at radius 1 is 1.23 bits per heavy atom. The molecule has 0 aliphatic carbocycles. The number of nitrogens with one attached hydrogen (secondary N) is 1. The topological polar surface area (TPSA) is 71.0 Å². The van der Waals surface area contributed by atoms with Gasteiger partial charge in [0.15, 0.2) is 11.4 Å². The van der Waals surface area contributed by atoms with Gasteiger partial charge >= 0.3 is 0 Å². The summed E-state index contributed by atoms with van der Waals surface area (Å²) in [6.07, 6.45) is 0.450. The van der Waals surface area contributed by atoms with Crippen LogP contribution >= 0.6 is 11.3 Å². The molecule has 130 valence electrons. The number of anilines is 1. The molecule has 3 aromatic rings. The number of fused-ring (bicyclic) bond motifs is 1. The third kappa shape index (κ3) is 3.56. The van der Waals surface area contributed by atoms with Crippen molar-refractivity contribution >= 4 is 40.1 Å². The highest BCUT2D eigenvalue weighted by atomic mass is 32.1. The largest absolute Gasteiger partial charge is 0.326 e. The van der Waals surface area contributed by atoms with Crippen LogP contribution in [0.5, 0.6) is 0 Å². The zero-order valence-electron chi connectivity index (χ0n) is 14.3. The summed E-state index contributed by atoms with van der Waals surface area (Å²) in [7, 11) is 0. The molecule has 5 nitrogen and oxygen atoms in total. The van der Waals surface area contributed by atoms with E-state index >= 15 is 0 Å². The van der Waals surface area contributed by atoms with Gasteiger partial charge in [-0.05, 0) is 23.6 Å². The second kappa shape index (κ2) is 7.19. The van der Waals surface area contributed by atoms with Gasteiger partial charge in [-0.25, -0.2) is 4.98 Å². The van der Waals surface area contributed by atoms with E-state index in [0.717, 1.165) is 28.6 Å². The minimum atomic E-state index is 0.0138. The second-order valence-corrected chi connectivity index (χ2v) is 7.07. The average molecular weight is 363 g/mol. The Labute approximate surface area is 155 Å². The summed E-state index contributed by atoms with van der Waals surface area (Å²) in [5.74, 6) is 1.05. The normalized spacial score (nSPS) is 13.8. The van der Waals surface area contributed by atoms with Gasteiger partial charge in [-0.2, -0.15) is 4.99 Å². The first-order valence-corrected chi connectivity index (χ1v) is 9.44. The van der Waals surface area contributed by atoms with E-state index in [4.69, 9.17) is 0 Å². The predicted octanol–water partition coefficient (Wildman–Crippen LogP) is 3.56. The van der Waals surface area contributed by atoms with E-state index < -0.39 is 0 Å². The Morgan fingerprint density at radius 3 is 2.85 bits per heavy atom. The Morgan fingerprint density at radius 2 is 2.08 bits per heavy atom. The maximum absolute atomic E-state index is 12.4. The van der Waals surface area contributed by atoms with Crippen LogP contribution in [-0.4, -0.2) is 16.7 Å². The van der Waals surface area contributed by atoms with Crippen molar-refractivity contribution in [1.82, 2.24) is 4.98 Å². The van der Waals surface area contributed by atoms with Gasteiger partial charge in [0.2, 0.25) is 5.91 Å². The van der Waals surface area contributed by atoms with Gasteiger partial charge in [-0.15, -0.1) is 11.3 Å². The summed E-state index contributed by atoms with van der Waals surface area (Å²) in [6, 6.07) is 15.9. The number of aromatic nitrogens is 1. The molecule has 2 heterocycles. The fraction of sp³-hybridized carbons (Fsp3) is 0.150. The van der Waals surface area contributed by atoms with Crippen molar-refractivity contribution in [2.24, 2.45) is 4.99 Å². The Kier molecular flexibility index (Phi) is 4.60. The van der Waals surface area contributed by atoms with Crippen molar-refractivity contribution in [2.75, 3.05) is 5.32 Å². The van der Waals surface area contributed by atoms with Gasteiger partial charge in [0, 0.05) is 23.6 Å². The number of carbonyl (C=O) groups excluding carboxylic acids is 1. The smallest absolute Gasteiger partial charge is 0.257 e. The van der Waals surface area contributed by atoms with Crippen molar-refractivity contribution in [3.63, 3.8) is 0 Å². The van der Waals surface area contributed by atoms with Crippen LogP contribution in [0, 0.1) is 0 Å². The van der Waals surface area contributed by atoms with Gasteiger partial charge < -0.3 is 5.32 Å². The average Bonchev–Trinajstić information content (AvgIpc) is 3.31. The van der Waals surface area contributed by atoms with E-state index in [1.807, 2.05) is 47.1 Å². The van der Waals surface area contributed by atoms with Crippen LogP contribution in [0.1, 0.15) is 30.5 Å². The molecule has 1 aliphatic rings. The third-order valence-corrected chi connectivity index (χ3v) is 4.99. The number of carbonyl (C=O) groups is 1. The molecule has 1 amide bonds. The molecule has 0 saturated carbocycles. The van der Waals surface area contributed by atoms with Gasteiger partial charge in [0.1, 0.15) is 5.69 Å². The maximum Gasteiger partial charge on any atom is 0.257 e. The van der Waals surface area contributed by atoms with Crippen molar-refractivity contribution < 1.29 is 10.1 Å². The summed E-state index contributed by atoms with van der Waals surface area (Å²) in [4.78, 5) is 21.3. The van der Waals surface area contributed by atoms with E-state index in [1.165, 1.54) is 5.56 Å². The lowest BCUT2D eigenvalue weighted by molar-refractivity contribution is -0.437. The molecule has 1 aromatic heterocycles. The van der Waals surface area contributed by atoms with Crippen LogP contribution in [0.2, 0.25) is 0 Å². The summed E-state index contributed by atoms with van der Waals surface area (Å²) in [6.45, 7) is 2.07. The number of benzene rings is 2. The number of aliphatic imine (C=N–C) groups is 1. The van der Waals surface area contributed by atoms with Gasteiger partial charge in [0.25, 0.3) is 5.84 Å². The standard InChI is InChI=1S/C20H18N4OS/c1-13(14-5-3-2-4-6-14)9-19(25)22-15-7-8-16-17(10-15)24-20(23-16)18-11-26-12-21-18/h2-8,10-13H,9H2,1H3,(H,22,25)(H,23,24)/p+1. The van der Waals surface area contributed by atoms with Crippen LogP contribution in [0.3, 0.4) is 0 Å². The highest BCUT2D eigenvalue weighted by Crippen LogP contribution is 2.29. The van der Waals surface area contributed by atoms with E-state index in [2.05, 4.69) is 34.3 Å². The van der Waals surface area contributed by atoms with Crippen LogP contribution in [0.4, 0.5) is 17.1 Å². The highest BCUT2D eigenvalue weighted by Gasteiger charge is 2.23. The molecule has 6 heteroatoms. The predicted molar refractivity (Wildman–Crippen MR) is 104 cm³/mol. The summed E-state index contributed by atoms with van der Waals surface area (Å²) in [5, 5.41) is 6.99. The summed E-state index contributed by atoms with van der Waals surface area (Å²) >= 11 is 1.55. The zero-order chi connectivity index (χ0) is 17.9. The number of nitrogens with zero attached hydrogens (tertiary/aromatic N) is 2. The van der Waals surface area contributed by atoms with E-state index in [-0.39, 0.29) is 11.8 Å². The molecule has 1 unspecified atom stereocenters. The monoisotopic (exact) mass is 363 g/mol. The molecule has 26 heavy (non-hydrogen) atoms. The number of amides is 1. The summed E-state index contributed by atoms with van der Waals surface area (Å²) in [5.41, 5.74) is 6.55. The lowest BCUT2D eigenvalue weighted by Crippen LogP contribution is -2.80. The van der Waals surface area contributed by atoms with Crippen LogP contribution in [-0.2, 0) is 4.79 Å². The van der Waals surface area contributed by atoms with Gasteiger partial charge in [-0.3, -0.25) is 10.1 Å². The molecular formula is C20H19N4OS+. The third-order valence-electron chi connectivity index (χ3n) is 4.40. The number of nitrogens with two attached hydrogens (primary N) is 1. The number of amidine groups is 1. The summed E-state index contributed by atoms with van der Waals surface area (Å²) < 4.78 is 0. The Bertz CT molecular complexity index is 951. The van der Waals surface area contributed by atoms with Gasteiger partial charge in [0.05, 0.1) is 5.51 Å². The minimum Gasteiger partial charge on any atom is -0.326 e. The molecule has 0 radical (unpaired) electrons. The first kappa shape index (κ1) is 16.6. The molecule has 3 N–H and O–H groups in total. The van der Waals surface area contributed by atoms with E-state index in [0.29, 0.717) is 6.42 Å². The molecule has 2 aromatic carbocycles. The fourth-order valence-corrected chi connectivity index (χ4v) is 3.56. The molecule has 1 aliphatic heterocycles. The van der Waals surface area contributed by atoms with Crippen LogP contribution < -0.4 is 10.6 Å². The first-order chi connectivity index (χ1) is 12.7. The molecule has 4 rings (SSSR count). The lowest BCUT2D eigenvalue weighted by Gasteiger charge is -2.12. The quantitative estimate of drug-likeness (QED) is 0.681. The van der Waals surface area contributed by atoms with Crippen molar-refractivity contribution in [3.8, 4) is 0 Å². The van der Waals surface area contributed by atoms with Crippen molar-refractivity contribution in [1.29, 1.82) is 0 Å². The molecule has 1 atom stereocenters. The molecular weight excluding hydrogens is 344 g/mol. The fourth-order valence-electron chi connectivity index (χ4n) is 3.02. The molecule has 0 saturated heterocycles. The Balaban J connectivity index is 1.40. The van der Waals surface area contributed by atoms with E-state index in [9.17, 15) is 4.79 Å². The number of quaternary nitrogens is 1. The molecule has 0 fully saturated rings. The molecule has 0 bridgehead atoms. The van der Waals surface area contributed by atoms with Crippen LogP contribution in [0.15, 0.2) is 64.4 Å². The number of rotatable bonds is 5. The van der Waals surface area contributed by atoms with E-state index in [1.54, 1.807) is 16.8 Å². The van der Waals surface area contributed by atoms with Gasteiger partial charge in [-0.1, -0.05) is 37.3 Å². The van der Waals surface area contributed by atoms with Crippen molar-refractivity contribution in [3.05, 3.63) is 70.7 Å². The van der Waals surface area contributed by atoms with Crippen molar-refractivity contribution in [2.45, 2.75) is 19.3 Å². The SMILES string of the molecule is CC(CC(=O)Nc1ccc2c(c1)[NH2+]C(c1cscn1)=N2)c1ccccc1. The Hall–Kier alpha value is -2.83. The lowest BCUT2D eigenvalue weighted by atomic mass is 9.97. The minimum absolute atomic E-state index is 0.0138. The number of thiazole rings is 1.